The highest BCUT2D eigenvalue weighted by Gasteiger charge is 2.20. The van der Waals surface area contributed by atoms with Crippen molar-refractivity contribution in [3.63, 3.8) is 0 Å². The Hall–Kier alpha value is -0.940. The fourth-order valence-electron chi connectivity index (χ4n) is 1.88. The van der Waals surface area contributed by atoms with Gasteiger partial charge >= 0.3 is 0 Å². The van der Waals surface area contributed by atoms with Gasteiger partial charge in [-0.1, -0.05) is 30.3 Å². The first-order chi connectivity index (χ1) is 8.25. The third-order valence-corrected chi connectivity index (χ3v) is 2.84. The van der Waals surface area contributed by atoms with E-state index in [1.807, 2.05) is 18.2 Å². The minimum atomic E-state index is -1.18. The fraction of sp³-hybridized carbons (Fsp3) is 0.538. The normalized spacial score (nSPS) is 26.7. The zero-order valence-electron chi connectivity index (χ0n) is 9.62. The van der Waals surface area contributed by atoms with Gasteiger partial charge in [-0.25, -0.2) is 0 Å². The van der Waals surface area contributed by atoms with Gasteiger partial charge in [0.2, 0.25) is 0 Å². The SMILES string of the molecule is [O-]C(OC[C@@H]1C[C@H](O)CCO1)c1ccccc1. The summed E-state index contributed by atoms with van der Waals surface area (Å²) in [4.78, 5) is 0. The summed E-state index contributed by atoms with van der Waals surface area (Å²) in [6, 6.07) is 8.97. The number of benzene rings is 1. The predicted molar refractivity (Wildman–Crippen MR) is 60.1 cm³/mol. The Bertz CT molecular complexity index is 327. The van der Waals surface area contributed by atoms with Crippen molar-refractivity contribution in [3.05, 3.63) is 35.9 Å². The molecule has 1 saturated heterocycles. The number of aliphatic hydroxyl groups excluding tert-OH is 1. The molecule has 94 valence electrons. The Morgan fingerprint density at radius 2 is 2.18 bits per heavy atom. The van der Waals surface area contributed by atoms with Crippen LogP contribution in [0.3, 0.4) is 0 Å². The molecule has 0 saturated carbocycles. The third-order valence-electron chi connectivity index (χ3n) is 2.84. The molecule has 1 N–H and O–H groups in total. The maximum absolute atomic E-state index is 11.7. The maximum atomic E-state index is 11.7. The van der Waals surface area contributed by atoms with Crippen molar-refractivity contribution >= 4 is 0 Å². The zero-order chi connectivity index (χ0) is 12.1. The highest BCUT2D eigenvalue weighted by Crippen LogP contribution is 2.17. The van der Waals surface area contributed by atoms with E-state index < -0.39 is 6.29 Å². The van der Waals surface area contributed by atoms with Gasteiger partial charge in [0.1, 0.15) is 0 Å². The molecule has 0 bridgehead atoms. The lowest BCUT2D eigenvalue weighted by Gasteiger charge is -2.30. The molecule has 0 radical (unpaired) electrons. The Morgan fingerprint density at radius 1 is 1.41 bits per heavy atom. The van der Waals surface area contributed by atoms with Crippen LogP contribution in [0.4, 0.5) is 0 Å². The molecule has 2 rings (SSSR count). The number of hydrogen-bond donors (Lipinski definition) is 1. The highest BCUT2D eigenvalue weighted by molar-refractivity contribution is 5.15. The Balaban J connectivity index is 1.78. The molecule has 17 heavy (non-hydrogen) atoms. The molecule has 0 aliphatic carbocycles. The second-order valence-corrected chi connectivity index (χ2v) is 4.25. The largest absolute Gasteiger partial charge is 0.828 e. The van der Waals surface area contributed by atoms with E-state index >= 15 is 0 Å². The number of hydrogen-bond acceptors (Lipinski definition) is 4. The van der Waals surface area contributed by atoms with Crippen LogP contribution in [0.25, 0.3) is 0 Å². The lowest BCUT2D eigenvalue weighted by molar-refractivity contribution is -0.501. The van der Waals surface area contributed by atoms with Crippen LogP contribution in [0.2, 0.25) is 0 Å². The van der Waals surface area contributed by atoms with Gasteiger partial charge in [0.25, 0.3) is 0 Å². The number of rotatable bonds is 4. The summed E-state index contributed by atoms with van der Waals surface area (Å²) < 4.78 is 10.6. The zero-order valence-corrected chi connectivity index (χ0v) is 9.62. The summed E-state index contributed by atoms with van der Waals surface area (Å²) in [6.45, 7) is 0.768. The quantitative estimate of drug-likeness (QED) is 0.779. The molecule has 1 aromatic rings. The topological polar surface area (TPSA) is 61.8 Å². The lowest BCUT2D eigenvalue weighted by atomic mass is 10.1. The Morgan fingerprint density at radius 3 is 2.88 bits per heavy atom. The van der Waals surface area contributed by atoms with Crippen molar-refractivity contribution in [2.45, 2.75) is 31.3 Å². The van der Waals surface area contributed by atoms with Crippen LogP contribution in [-0.2, 0) is 9.47 Å². The first-order valence-corrected chi connectivity index (χ1v) is 5.88. The molecule has 1 heterocycles. The molecule has 4 nitrogen and oxygen atoms in total. The molecule has 1 aromatic carbocycles. The minimum Gasteiger partial charge on any atom is -0.828 e. The number of ether oxygens (including phenoxy) is 2. The molecule has 1 unspecified atom stereocenters. The van der Waals surface area contributed by atoms with Gasteiger partial charge in [0.15, 0.2) is 0 Å². The molecule has 1 fully saturated rings. The summed E-state index contributed by atoms with van der Waals surface area (Å²) in [6.07, 6.45) is -0.478. The average Bonchev–Trinajstić information content (AvgIpc) is 2.37. The fourth-order valence-corrected chi connectivity index (χ4v) is 1.88. The first-order valence-electron chi connectivity index (χ1n) is 5.88. The molecule has 1 aliphatic rings. The summed E-state index contributed by atoms with van der Waals surface area (Å²) in [5.74, 6) is 0. The molecule has 0 amide bonds. The van der Waals surface area contributed by atoms with Crippen LogP contribution in [0.15, 0.2) is 30.3 Å². The molecular weight excluding hydrogens is 220 g/mol. The van der Waals surface area contributed by atoms with Gasteiger partial charge in [-0.05, 0) is 12.0 Å². The van der Waals surface area contributed by atoms with Gasteiger partial charge in [0.05, 0.1) is 18.8 Å². The van der Waals surface area contributed by atoms with Crippen molar-refractivity contribution in [3.8, 4) is 0 Å². The van der Waals surface area contributed by atoms with Crippen molar-refractivity contribution in [2.75, 3.05) is 13.2 Å². The molecule has 0 aromatic heterocycles. The highest BCUT2D eigenvalue weighted by atomic mass is 16.6. The van der Waals surface area contributed by atoms with Crippen molar-refractivity contribution in [1.82, 2.24) is 0 Å². The predicted octanol–water partition coefficient (Wildman–Crippen LogP) is 0.602. The van der Waals surface area contributed by atoms with E-state index in [0.29, 0.717) is 25.0 Å². The van der Waals surface area contributed by atoms with Crippen LogP contribution in [0, 0.1) is 0 Å². The van der Waals surface area contributed by atoms with Crippen LogP contribution >= 0.6 is 0 Å². The van der Waals surface area contributed by atoms with E-state index in [-0.39, 0.29) is 18.8 Å². The van der Waals surface area contributed by atoms with E-state index in [2.05, 4.69) is 0 Å². The van der Waals surface area contributed by atoms with Crippen LogP contribution in [0.1, 0.15) is 24.7 Å². The van der Waals surface area contributed by atoms with E-state index in [9.17, 15) is 10.2 Å². The van der Waals surface area contributed by atoms with Crippen LogP contribution in [-0.4, -0.2) is 30.5 Å². The summed E-state index contributed by atoms with van der Waals surface area (Å²) in [7, 11) is 0. The van der Waals surface area contributed by atoms with Crippen LogP contribution < -0.4 is 5.11 Å². The van der Waals surface area contributed by atoms with E-state index in [1.165, 1.54) is 0 Å². The second-order valence-electron chi connectivity index (χ2n) is 4.25. The van der Waals surface area contributed by atoms with Gasteiger partial charge in [-0.15, -0.1) is 0 Å². The first kappa shape index (κ1) is 12.5. The van der Waals surface area contributed by atoms with Crippen molar-refractivity contribution in [1.29, 1.82) is 0 Å². The second kappa shape index (κ2) is 6.12. The van der Waals surface area contributed by atoms with Gasteiger partial charge in [-0.3, -0.25) is 0 Å². The Labute approximate surface area is 101 Å². The summed E-state index contributed by atoms with van der Waals surface area (Å²) >= 11 is 0. The van der Waals surface area contributed by atoms with E-state index in [0.717, 1.165) is 0 Å². The van der Waals surface area contributed by atoms with Gasteiger partial charge in [-0.2, -0.15) is 0 Å². The summed E-state index contributed by atoms with van der Waals surface area (Å²) in [5.41, 5.74) is 0.615. The molecule has 1 aliphatic heterocycles. The van der Waals surface area contributed by atoms with Crippen molar-refractivity contribution < 1.29 is 19.7 Å². The third kappa shape index (κ3) is 3.78. The van der Waals surface area contributed by atoms with E-state index in [1.54, 1.807) is 12.1 Å². The Kier molecular flexibility index (Phi) is 4.50. The molecule has 3 atom stereocenters. The van der Waals surface area contributed by atoms with Crippen LogP contribution in [0.5, 0.6) is 0 Å². The van der Waals surface area contributed by atoms with Crippen molar-refractivity contribution in [2.24, 2.45) is 0 Å². The smallest absolute Gasteiger partial charge is 0.0832 e. The lowest BCUT2D eigenvalue weighted by Crippen LogP contribution is -2.34. The molecule has 0 spiro atoms. The molecular formula is C13H17O4-. The monoisotopic (exact) mass is 237 g/mol. The van der Waals surface area contributed by atoms with Gasteiger partial charge < -0.3 is 19.7 Å². The minimum absolute atomic E-state index is 0.168. The summed E-state index contributed by atoms with van der Waals surface area (Å²) in [5, 5.41) is 21.2. The number of aliphatic hydroxyl groups is 1. The van der Waals surface area contributed by atoms with E-state index in [4.69, 9.17) is 9.47 Å². The maximum Gasteiger partial charge on any atom is 0.0832 e. The molecule has 4 heteroatoms. The standard InChI is InChI=1S/C13H17O4/c14-11-6-7-16-12(8-11)9-17-13(15)10-4-2-1-3-5-10/h1-5,11-14H,6-9H2/q-1/t11-,12+,13?/m1/s1. The average molecular weight is 237 g/mol. The van der Waals surface area contributed by atoms with Gasteiger partial charge in [0, 0.05) is 19.3 Å².